The van der Waals surface area contributed by atoms with Crippen LogP contribution in [0.1, 0.15) is 61.4 Å². The van der Waals surface area contributed by atoms with Crippen molar-refractivity contribution < 1.29 is 17.6 Å². The predicted octanol–water partition coefficient (Wildman–Crippen LogP) is 3.39. The molecule has 2 aliphatic rings. The topological polar surface area (TPSA) is 85.5 Å². The molecule has 1 aromatic carbocycles. The lowest BCUT2D eigenvalue weighted by molar-refractivity contribution is 0.0110. The first-order valence-corrected chi connectivity index (χ1v) is 11.7. The summed E-state index contributed by atoms with van der Waals surface area (Å²) in [6, 6.07) is 5.48. The van der Waals surface area contributed by atoms with Gasteiger partial charge in [0.25, 0.3) is 0 Å². The smallest absolute Gasteiger partial charge is 0.243 e. The van der Waals surface area contributed by atoms with Gasteiger partial charge < -0.3 is 9.15 Å². The fraction of sp³-hybridized carbons (Fsp3) is 0.619. The van der Waals surface area contributed by atoms with Gasteiger partial charge >= 0.3 is 0 Å². The zero-order chi connectivity index (χ0) is 20.8. The maximum atomic E-state index is 13.5. The molecule has 0 aliphatic carbocycles. The number of nitrogens with zero attached hydrogens (tertiary/aromatic N) is 3. The Kier molecular flexibility index (Phi) is 5.29. The minimum Gasteiger partial charge on any atom is -0.425 e. The van der Waals surface area contributed by atoms with Crippen LogP contribution in [0.4, 0.5) is 0 Å². The minimum absolute atomic E-state index is 0.119. The number of hydrogen-bond acceptors (Lipinski definition) is 6. The summed E-state index contributed by atoms with van der Waals surface area (Å²) in [7, 11) is -3.61. The van der Waals surface area contributed by atoms with E-state index >= 15 is 0 Å². The number of aryl methyl sites for hydroxylation is 2. The molecule has 2 aliphatic heterocycles. The van der Waals surface area contributed by atoms with Crippen LogP contribution < -0.4 is 0 Å². The quantitative estimate of drug-likeness (QED) is 0.755. The van der Waals surface area contributed by atoms with Gasteiger partial charge in [-0.15, -0.1) is 10.2 Å². The molecule has 2 aromatic rings. The summed E-state index contributed by atoms with van der Waals surface area (Å²) in [5.41, 5.74) is 1.59. The van der Waals surface area contributed by atoms with Crippen molar-refractivity contribution in [3.8, 4) is 0 Å². The average Bonchev–Trinajstić information content (AvgIpc) is 3.28. The number of sulfonamides is 1. The SMILES string of the molecule is Cc1ccc(S(=O)(=O)N2CC(c3nnc(C(C)C)o3)C3(CCOCC3)C2)c(C)c1. The first kappa shape index (κ1) is 20.5. The molecule has 2 fully saturated rings. The van der Waals surface area contributed by atoms with Gasteiger partial charge in [0, 0.05) is 37.6 Å². The first-order valence-electron chi connectivity index (χ1n) is 10.2. The Labute approximate surface area is 172 Å². The van der Waals surface area contributed by atoms with E-state index in [1.165, 1.54) is 0 Å². The van der Waals surface area contributed by atoms with Crippen molar-refractivity contribution in [3.05, 3.63) is 41.1 Å². The fourth-order valence-corrected chi connectivity index (χ4v) is 6.34. The third-order valence-electron chi connectivity index (χ3n) is 6.30. The number of benzene rings is 1. The highest BCUT2D eigenvalue weighted by Gasteiger charge is 2.53. The van der Waals surface area contributed by atoms with Crippen molar-refractivity contribution in [2.75, 3.05) is 26.3 Å². The Hall–Kier alpha value is -1.77. The summed E-state index contributed by atoms with van der Waals surface area (Å²) in [6.45, 7) is 9.89. The van der Waals surface area contributed by atoms with Crippen molar-refractivity contribution in [1.82, 2.24) is 14.5 Å². The summed E-state index contributed by atoms with van der Waals surface area (Å²) >= 11 is 0. The van der Waals surface area contributed by atoms with Crippen molar-refractivity contribution in [2.45, 2.75) is 57.3 Å². The van der Waals surface area contributed by atoms with Crippen LogP contribution in [0.5, 0.6) is 0 Å². The van der Waals surface area contributed by atoms with Gasteiger partial charge in [0.15, 0.2) is 0 Å². The normalized spacial score (nSPS) is 22.6. The van der Waals surface area contributed by atoms with E-state index in [1.54, 1.807) is 10.4 Å². The number of ether oxygens (including phenoxy) is 1. The van der Waals surface area contributed by atoms with Crippen molar-refractivity contribution in [3.63, 3.8) is 0 Å². The third kappa shape index (κ3) is 3.62. The molecule has 29 heavy (non-hydrogen) atoms. The van der Waals surface area contributed by atoms with Crippen LogP contribution in [-0.4, -0.2) is 49.2 Å². The Bertz CT molecular complexity index is 993. The van der Waals surface area contributed by atoms with E-state index in [0.29, 0.717) is 43.0 Å². The number of aromatic nitrogens is 2. The van der Waals surface area contributed by atoms with Crippen LogP contribution in [0.3, 0.4) is 0 Å². The predicted molar refractivity (Wildman–Crippen MR) is 108 cm³/mol. The lowest BCUT2D eigenvalue weighted by Gasteiger charge is -2.36. The van der Waals surface area contributed by atoms with Gasteiger partial charge in [-0.3, -0.25) is 0 Å². The van der Waals surface area contributed by atoms with Crippen LogP contribution in [0.2, 0.25) is 0 Å². The molecule has 2 saturated heterocycles. The monoisotopic (exact) mass is 419 g/mol. The van der Waals surface area contributed by atoms with E-state index in [0.717, 1.165) is 24.0 Å². The van der Waals surface area contributed by atoms with Crippen molar-refractivity contribution in [1.29, 1.82) is 0 Å². The summed E-state index contributed by atoms with van der Waals surface area (Å²) in [5.74, 6) is 1.16. The Morgan fingerprint density at radius 1 is 1.17 bits per heavy atom. The molecule has 1 aromatic heterocycles. The molecule has 1 unspecified atom stereocenters. The second-order valence-electron chi connectivity index (χ2n) is 8.73. The zero-order valence-corrected chi connectivity index (χ0v) is 18.3. The van der Waals surface area contributed by atoms with Gasteiger partial charge in [-0.05, 0) is 38.3 Å². The van der Waals surface area contributed by atoms with Gasteiger partial charge in [-0.2, -0.15) is 4.31 Å². The second-order valence-corrected chi connectivity index (χ2v) is 10.6. The fourth-order valence-electron chi connectivity index (χ4n) is 4.58. The first-order chi connectivity index (χ1) is 13.7. The lowest BCUT2D eigenvalue weighted by atomic mass is 9.72. The molecule has 8 heteroatoms. The standard InChI is InChI=1S/C21H29N3O4S/c1-14(2)19-22-23-20(28-19)17-12-24(13-21(17)7-9-27-10-8-21)29(25,26)18-6-5-15(3)11-16(18)4/h5-6,11,14,17H,7-10,12-13H2,1-4H3. The third-order valence-corrected chi connectivity index (χ3v) is 8.27. The maximum absolute atomic E-state index is 13.5. The van der Waals surface area contributed by atoms with Gasteiger partial charge in [0.05, 0.1) is 10.8 Å². The molecule has 7 nitrogen and oxygen atoms in total. The highest BCUT2D eigenvalue weighted by atomic mass is 32.2. The van der Waals surface area contributed by atoms with Gasteiger partial charge in [0.1, 0.15) is 0 Å². The minimum atomic E-state index is -3.61. The summed E-state index contributed by atoms with van der Waals surface area (Å²) in [4.78, 5) is 0.374. The van der Waals surface area contributed by atoms with E-state index in [4.69, 9.17) is 9.15 Å². The maximum Gasteiger partial charge on any atom is 0.243 e. The highest BCUT2D eigenvalue weighted by Crippen LogP contribution is 2.50. The summed E-state index contributed by atoms with van der Waals surface area (Å²) < 4.78 is 40.2. The van der Waals surface area contributed by atoms with Crippen LogP contribution in [0.25, 0.3) is 0 Å². The zero-order valence-electron chi connectivity index (χ0n) is 17.5. The van der Waals surface area contributed by atoms with Gasteiger partial charge in [-0.1, -0.05) is 31.5 Å². The molecular formula is C21H29N3O4S. The summed E-state index contributed by atoms with van der Waals surface area (Å²) in [5, 5.41) is 8.50. The van der Waals surface area contributed by atoms with Gasteiger partial charge in [-0.25, -0.2) is 8.42 Å². The molecule has 0 bridgehead atoms. The van der Waals surface area contributed by atoms with Crippen molar-refractivity contribution >= 4 is 10.0 Å². The molecule has 1 spiro atoms. The molecule has 0 radical (unpaired) electrons. The Morgan fingerprint density at radius 2 is 1.90 bits per heavy atom. The number of rotatable bonds is 4. The Balaban J connectivity index is 1.71. The highest BCUT2D eigenvalue weighted by molar-refractivity contribution is 7.89. The van der Waals surface area contributed by atoms with Crippen LogP contribution >= 0.6 is 0 Å². The van der Waals surface area contributed by atoms with Gasteiger partial charge in [0.2, 0.25) is 21.8 Å². The molecule has 0 amide bonds. The van der Waals surface area contributed by atoms with E-state index in [1.807, 2.05) is 39.8 Å². The molecule has 4 rings (SSSR count). The Morgan fingerprint density at radius 3 is 2.52 bits per heavy atom. The van der Waals surface area contributed by atoms with E-state index < -0.39 is 10.0 Å². The van der Waals surface area contributed by atoms with Crippen molar-refractivity contribution in [2.24, 2.45) is 5.41 Å². The number of hydrogen-bond donors (Lipinski definition) is 0. The van der Waals surface area contributed by atoms with Crippen LogP contribution in [0.15, 0.2) is 27.5 Å². The molecule has 0 saturated carbocycles. The molecule has 158 valence electrons. The van der Waals surface area contributed by atoms with E-state index in [2.05, 4.69) is 10.2 Å². The molecule has 1 atom stereocenters. The average molecular weight is 420 g/mol. The van der Waals surface area contributed by atoms with E-state index in [-0.39, 0.29) is 17.3 Å². The molecule has 3 heterocycles. The largest absolute Gasteiger partial charge is 0.425 e. The van der Waals surface area contributed by atoms with Crippen LogP contribution in [-0.2, 0) is 14.8 Å². The van der Waals surface area contributed by atoms with Crippen LogP contribution in [0, 0.1) is 19.3 Å². The molecular weight excluding hydrogens is 390 g/mol. The summed E-state index contributed by atoms with van der Waals surface area (Å²) in [6.07, 6.45) is 1.58. The molecule has 0 N–H and O–H groups in total. The lowest BCUT2D eigenvalue weighted by Crippen LogP contribution is -2.37. The van der Waals surface area contributed by atoms with E-state index in [9.17, 15) is 8.42 Å². The second kappa shape index (κ2) is 7.49.